The smallest absolute Gasteiger partial charge is 0.327 e. The van der Waals surface area contributed by atoms with Gasteiger partial charge in [0.15, 0.2) is 0 Å². The molecule has 0 spiro atoms. The zero-order valence-corrected chi connectivity index (χ0v) is 9.06. The zero-order chi connectivity index (χ0) is 9.90. The number of alkyl halides is 1. The number of ether oxygens (including phenoxy) is 1. The van der Waals surface area contributed by atoms with Gasteiger partial charge in [0.05, 0.1) is 0 Å². The van der Waals surface area contributed by atoms with Crippen LogP contribution in [0.5, 0.6) is 0 Å². The number of carbonyl (C=O) groups excluding carboxylic acids is 1. The highest BCUT2D eigenvalue weighted by atomic mass is 35.5. The lowest BCUT2D eigenvalue weighted by Gasteiger charge is -2.08. The van der Waals surface area contributed by atoms with Crippen LogP contribution in [0.15, 0.2) is 0 Å². The van der Waals surface area contributed by atoms with Gasteiger partial charge in [0.25, 0.3) is 0 Å². The van der Waals surface area contributed by atoms with Crippen molar-refractivity contribution in [2.24, 2.45) is 0 Å². The maximum Gasteiger partial charge on any atom is 0.327 e. The Morgan fingerprint density at radius 2 is 2.31 bits per heavy atom. The Labute approximate surface area is 84.6 Å². The van der Waals surface area contributed by atoms with E-state index >= 15 is 0 Å². The summed E-state index contributed by atoms with van der Waals surface area (Å²) in [5.74, 6) is -0.254. The topological polar surface area (TPSA) is 26.3 Å². The summed E-state index contributed by atoms with van der Waals surface area (Å²) in [5, 5.41) is 0. The van der Waals surface area contributed by atoms with E-state index in [1.165, 1.54) is 12.8 Å². The lowest BCUT2D eigenvalue weighted by Crippen LogP contribution is -2.21. The molecule has 76 valence electrons. The van der Waals surface area contributed by atoms with Crippen LogP contribution in [0.4, 0.5) is 0 Å². The Morgan fingerprint density at radius 3 is 2.77 bits per heavy atom. The predicted molar refractivity (Wildman–Crippen MR) is 52.9 cm³/mol. The number of unbranched alkanes of at least 4 members (excludes halogenated alkanes) is 2. The normalized spacial score (nSPS) is 33.5. The van der Waals surface area contributed by atoms with Gasteiger partial charge in [0.2, 0.25) is 0 Å². The molecule has 13 heavy (non-hydrogen) atoms. The number of cyclic esters (lactones) is 1. The highest BCUT2D eigenvalue weighted by Gasteiger charge is 2.43. The van der Waals surface area contributed by atoms with Gasteiger partial charge >= 0.3 is 5.97 Å². The maximum atomic E-state index is 11.2. The molecule has 1 rings (SSSR count). The summed E-state index contributed by atoms with van der Waals surface area (Å²) in [7, 11) is 0. The highest BCUT2D eigenvalue weighted by Crippen LogP contribution is 2.33. The molecule has 0 aliphatic carbocycles. The minimum atomic E-state index is -0.767. The molecule has 0 saturated carbocycles. The molecule has 2 atom stereocenters. The molecule has 3 heteroatoms. The summed E-state index contributed by atoms with van der Waals surface area (Å²) in [5.41, 5.74) is 0. The third-order valence-corrected chi connectivity index (χ3v) is 2.75. The van der Waals surface area contributed by atoms with Crippen LogP contribution in [0.2, 0.25) is 0 Å². The Balaban J connectivity index is 2.28. The predicted octanol–water partition coefficient (Wildman–Crippen LogP) is 2.88. The van der Waals surface area contributed by atoms with Crippen LogP contribution in [-0.4, -0.2) is 16.9 Å². The van der Waals surface area contributed by atoms with Crippen LogP contribution >= 0.6 is 11.6 Å². The number of rotatable bonds is 4. The van der Waals surface area contributed by atoms with Crippen molar-refractivity contribution in [2.75, 3.05) is 0 Å². The van der Waals surface area contributed by atoms with E-state index < -0.39 is 4.87 Å². The van der Waals surface area contributed by atoms with Crippen molar-refractivity contribution in [1.82, 2.24) is 0 Å². The van der Waals surface area contributed by atoms with Crippen LogP contribution in [-0.2, 0) is 9.53 Å². The molecule has 0 N–H and O–H groups in total. The fourth-order valence-electron chi connectivity index (χ4n) is 1.61. The molecule has 1 heterocycles. The lowest BCUT2D eigenvalue weighted by molar-refractivity contribution is -0.143. The summed E-state index contributed by atoms with van der Waals surface area (Å²) in [6.07, 6.45) is 5.20. The molecule has 1 aliphatic heterocycles. The second-order valence-electron chi connectivity index (χ2n) is 3.92. The van der Waals surface area contributed by atoms with Crippen LogP contribution in [0.3, 0.4) is 0 Å². The average Bonchev–Trinajstić information content (AvgIpc) is 2.27. The van der Waals surface area contributed by atoms with Gasteiger partial charge in [-0.3, -0.25) is 4.79 Å². The van der Waals surface area contributed by atoms with Gasteiger partial charge in [-0.25, -0.2) is 0 Å². The molecule has 0 aromatic carbocycles. The number of halogens is 1. The lowest BCUT2D eigenvalue weighted by atomic mass is 10.0. The molecule has 0 amide bonds. The van der Waals surface area contributed by atoms with Gasteiger partial charge in [-0.1, -0.05) is 19.8 Å². The van der Waals surface area contributed by atoms with E-state index in [2.05, 4.69) is 6.92 Å². The van der Waals surface area contributed by atoms with E-state index in [-0.39, 0.29) is 12.1 Å². The first-order valence-electron chi connectivity index (χ1n) is 4.96. The SMILES string of the molecule is CCCCCC1CC(C)(Cl)C(=O)O1. The van der Waals surface area contributed by atoms with E-state index in [0.717, 1.165) is 12.8 Å². The van der Waals surface area contributed by atoms with Crippen molar-refractivity contribution in [3.63, 3.8) is 0 Å². The summed E-state index contributed by atoms with van der Waals surface area (Å²) >= 11 is 5.95. The molecule has 1 fully saturated rings. The van der Waals surface area contributed by atoms with Crippen LogP contribution in [0.25, 0.3) is 0 Å². The summed E-state index contributed by atoms with van der Waals surface area (Å²) in [6.45, 7) is 3.89. The number of hydrogen-bond donors (Lipinski definition) is 0. The van der Waals surface area contributed by atoms with Crippen molar-refractivity contribution in [3.05, 3.63) is 0 Å². The first-order chi connectivity index (χ1) is 6.06. The van der Waals surface area contributed by atoms with E-state index in [1.807, 2.05) is 0 Å². The first kappa shape index (κ1) is 10.8. The van der Waals surface area contributed by atoms with Gasteiger partial charge < -0.3 is 4.74 Å². The largest absolute Gasteiger partial charge is 0.461 e. The summed E-state index contributed by atoms with van der Waals surface area (Å²) < 4.78 is 5.15. The highest BCUT2D eigenvalue weighted by molar-refractivity contribution is 6.34. The fraction of sp³-hybridized carbons (Fsp3) is 0.900. The fourth-order valence-corrected chi connectivity index (χ4v) is 1.83. The standard InChI is InChI=1S/C10H17ClO2/c1-3-4-5-6-8-7-10(2,11)9(12)13-8/h8H,3-7H2,1-2H3. The van der Waals surface area contributed by atoms with Gasteiger partial charge in [-0.15, -0.1) is 11.6 Å². The quantitative estimate of drug-likeness (QED) is 0.400. The van der Waals surface area contributed by atoms with Crippen molar-refractivity contribution in [1.29, 1.82) is 0 Å². The molecule has 0 bridgehead atoms. The van der Waals surface area contributed by atoms with Gasteiger partial charge in [0.1, 0.15) is 11.0 Å². The van der Waals surface area contributed by atoms with Crippen molar-refractivity contribution in [3.8, 4) is 0 Å². The van der Waals surface area contributed by atoms with E-state index in [1.54, 1.807) is 6.92 Å². The summed E-state index contributed by atoms with van der Waals surface area (Å²) in [4.78, 5) is 10.4. The Kier molecular flexibility index (Phi) is 3.60. The molecule has 0 aromatic rings. The molecule has 1 aliphatic rings. The molecule has 2 unspecified atom stereocenters. The monoisotopic (exact) mass is 204 g/mol. The Morgan fingerprint density at radius 1 is 1.62 bits per heavy atom. The first-order valence-corrected chi connectivity index (χ1v) is 5.34. The van der Waals surface area contributed by atoms with E-state index in [9.17, 15) is 4.79 Å². The molecule has 2 nitrogen and oxygen atoms in total. The molecule has 0 aromatic heterocycles. The molecular weight excluding hydrogens is 188 g/mol. The number of carbonyl (C=O) groups is 1. The Hall–Kier alpha value is -0.240. The zero-order valence-electron chi connectivity index (χ0n) is 8.31. The van der Waals surface area contributed by atoms with Crippen LogP contribution < -0.4 is 0 Å². The van der Waals surface area contributed by atoms with Crippen molar-refractivity contribution in [2.45, 2.75) is 56.9 Å². The van der Waals surface area contributed by atoms with Crippen LogP contribution in [0.1, 0.15) is 46.0 Å². The minimum absolute atomic E-state index is 0.0570. The van der Waals surface area contributed by atoms with E-state index in [0.29, 0.717) is 6.42 Å². The molecule has 0 radical (unpaired) electrons. The van der Waals surface area contributed by atoms with Gasteiger partial charge in [0, 0.05) is 6.42 Å². The average molecular weight is 205 g/mol. The third kappa shape index (κ3) is 2.87. The van der Waals surface area contributed by atoms with Crippen molar-refractivity contribution >= 4 is 17.6 Å². The summed E-state index contributed by atoms with van der Waals surface area (Å²) in [6, 6.07) is 0. The molecular formula is C10H17ClO2. The minimum Gasteiger partial charge on any atom is -0.461 e. The second kappa shape index (κ2) is 4.32. The van der Waals surface area contributed by atoms with E-state index in [4.69, 9.17) is 16.3 Å². The van der Waals surface area contributed by atoms with Crippen molar-refractivity contribution < 1.29 is 9.53 Å². The number of esters is 1. The molecule has 1 saturated heterocycles. The third-order valence-electron chi connectivity index (χ3n) is 2.44. The maximum absolute atomic E-state index is 11.2. The second-order valence-corrected chi connectivity index (χ2v) is 4.76. The Bertz CT molecular complexity index is 189. The number of hydrogen-bond acceptors (Lipinski definition) is 2. The van der Waals surface area contributed by atoms with Crippen LogP contribution in [0, 0.1) is 0 Å². The van der Waals surface area contributed by atoms with Gasteiger partial charge in [-0.05, 0) is 19.8 Å². The van der Waals surface area contributed by atoms with Gasteiger partial charge in [-0.2, -0.15) is 0 Å².